The average molecular weight is 548 g/mol. The first-order valence-corrected chi connectivity index (χ1v) is 12.4. The number of anilines is 2. The van der Waals surface area contributed by atoms with Crippen LogP contribution in [0, 0.1) is 0 Å². The van der Waals surface area contributed by atoms with Crippen LogP contribution in [0.1, 0.15) is 25.8 Å². The lowest BCUT2D eigenvalue weighted by Crippen LogP contribution is -2.05. The van der Waals surface area contributed by atoms with Crippen molar-refractivity contribution in [2.24, 2.45) is 7.05 Å². The number of methoxy groups -OCH3 is 2. The summed E-state index contributed by atoms with van der Waals surface area (Å²) in [6, 6.07) is 3.32. The normalized spacial score (nSPS) is 10.7. The number of hydrogen-bond donors (Lipinski definition) is 2. The van der Waals surface area contributed by atoms with E-state index in [1.165, 1.54) is 14.2 Å². The summed E-state index contributed by atoms with van der Waals surface area (Å²) < 4.78 is 17.4. The highest BCUT2D eigenvalue weighted by Crippen LogP contribution is 2.45. The van der Waals surface area contributed by atoms with Gasteiger partial charge in [0, 0.05) is 50.0 Å². The van der Waals surface area contributed by atoms with Crippen molar-refractivity contribution in [3.8, 4) is 22.9 Å². The van der Waals surface area contributed by atoms with Crippen molar-refractivity contribution in [1.29, 1.82) is 0 Å². The summed E-state index contributed by atoms with van der Waals surface area (Å²) in [5.74, 6) is 1.98. The van der Waals surface area contributed by atoms with E-state index in [-0.39, 0.29) is 10.0 Å². The summed E-state index contributed by atoms with van der Waals surface area (Å²) in [4.78, 5) is 13.5. The first kappa shape index (κ1) is 28.2. The number of nitrogens with two attached hydrogens (primary N) is 1. The maximum Gasteiger partial charge on any atom is 0.165 e. The molecule has 0 spiro atoms. The van der Waals surface area contributed by atoms with E-state index in [1.54, 1.807) is 29.2 Å². The van der Waals surface area contributed by atoms with E-state index < -0.39 is 0 Å². The third kappa shape index (κ3) is 6.91. The SMILES string of the molecule is CCCOCC.COc1cc(OC)c(Cl)c(-c2nc(NCc3cnn(C)c3)c3cc(N)ncc3n2)c1Cl. The van der Waals surface area contributed by atoms with Gasteiger partial charge in [-0.3, -0.25) is 4.68 Å². The second-order valence-electron chi connectivity index (χ2n) is 7.88. The molecule has 0 radical (unpaired) electrons. The minimum atomic E-state index is 0.272. The maximum atomic E-state index is 6.57. The van der Waals surface area contributed by atoms with Crippen molar-refractivity contribution in [1.82, 2.24) is 24.7 Å². The third-order valence-corrected chi connectivity index (χ3v) is 5.92. The third-order valence-electron chi connectivity index (χ3n) is 5.17. The second kappa shape index (κ2) is 13.3. The highest BCUT2D eigenvalue weighted by molar-refractivity contribution is 6.41. The van der Waals surface area contributed by atoms with Gasteiger partial charge in [-0.2, -0.15) is 5.10 Å². The number of halogens is 2. The molecule has 12 heteroatoms. The Bertz CT molecular complexity index is 1320. The minimum absolute atomic E-state index is 0.272. The van der Waals surface area contributed by atoms with Crippen molar-refractivity contribution in [2.75, 3.05) is 38.5 Å². The molecule has 0 amide bonds. The molecule has 3 heterocycles. The predicted octanol–water partition coefficient (Wildman–Crippen LogP) is 5.38. The molecule has 0 atom stereocenters. The number of nitrogens with zero attached hydrogens (tertiary/aromatic N) is 5. The van der Waals surface area contributed by atoms with Crippen LogP contribution in [-0.2, 0) is 18.3 Å². The van der Waals surface area contributed by atoms with Gasteiger partial charge < -0.3 is 25.3 Å². The molecule has 0 aliphatic carbocycles. The van der Waals surface area contributed by atoms with Crippen molar-refractivity contribution in [3.05, 3.63) is 46.3 Å². The molecule has 0 aliphatic heterocycles. The van der Waals surface area contributed by atoms with Crippen LogP contribution in [0.25, 0.3) is 22.3 Å². The smallest absolute Gasteiger partial charge is 0.165 e. The molecule has 4 rings (SSSR count). The molecule has 3 aromatic heterocycles. The Morgan fingerprint density at radius 2 is 1.73 bits per heavy atom. The average Bonchev–Trinajstić information content (AvgIpc) is 3.31. The van der Waals surface area contributed by atoms with Gasteiger partial charge in [0.1, 0.15) is 23.1 Å². The Balaban J connectivity index is 0.000000568. The lowest BCUT2D eigenvalue weighted by molar-refractivity contribution is 0.148. The van der Waals surface area contributed by atoms with Crippen molar-refractivity contribution in [2.45, 2.75) is 26.8 Å². The van der Waals surface area contributed by atoms with E-state index in [0.29, 0.717) is 52.0 Å². The van der Waals surface area contributed by atoms with Crippen LogP contribution in [0.4, 0.5) is 11.6 Å². The fourth-order valence-electron chi connectivity index (χ4n) is 3.41. The van der Waals surface area contributed by atoms with Crippen molar-refractivity contribution < 1.29 is 14.2 Å². The summed E-state index contributed by atoms with van der Waals surface area (Å²) in [7, 11) is 4.87. The first-order chi connectivity index (χ1) is 17.8. The Morgan fingerprint density at radius 1 is 1.03 bits per heavy atom. The molecule has 10 nitrogen and oxygen atoms in total. The summed E-state index contributed by atoms with van der Waals surface area (Å²) >= 11 is 13.1. The molecule has 0 bridgehead atoms. The molecule has 0 fully saturated rings. The fraction of sp³-hybridized carbons (Fsp3) is 0.360. The molecule has 0 unspecified atom stereocenters. The van der Waals surface area contributed by atoms with E-state index in [4.69, 9.17) is 48.1 Å². The summed E-state index contributed by atoms with van der Waals surface area (Å²) in [6.45, 7) is 6.38. The highest BCUT2D eigenvalue weighted by Gasteiger charge is 2.22. The topological polar surface area (TPSA) is 122 Å². The van der Waals surface area contributed by atoms with Crippen molar-refractivity contribution >= 4 is 45.7 Å². The molecule has 0 aliphatic rings. The zero-order valence-corrected chi connectivity index (χ0v) is 23.0. The van der Waals surface area contributed by atoms with Crippen LogP contribution in [-0.4, -0.2) is 52.2 Å². The van der Waals surface area contributed by atoms with E-state index in [9.17, 15) is 0 Å². The van der Waals surface area contributed by atoms with Crippen LogP contribution in [0.5, 0.6) is 11.5 Å². The minimum Gasteiger partial charge on any atom is -0.495 e. The molecule has 0 saturated carbocycles. The van der Waals surface area contributed by atoms with Crippen LogP contribution in [0.2, 0.25) is 10.0 Å². The predicted molar refractivity (Wildman–Crippen MR) is 148 cm³/mol. The Hall–Kier alpha value is -3.34. The Kier molecular flexibility index (Phi) is 10.1. The number of benzene rings is 1. The molecular formula is C25H31Cl2N7O3. The summed E-state index contributed by atoms with van der Waals surface area (Å²) in [5.41, 5.74) is 7.84. The van der Waals surface area contributed by atoms with E-state index >= 15 is 0 Å². The zero-order valence-electron chi connectivity index (χ0n) is 21.5. The molecule has 3 N–H and O–H groups in total. The number of ether oxygens (including phenoxy) is 3. The van der Waals surface area contributed by atoms with Gasteiger partial charge in [-0.15, -0.1) is 0 Å². The molecule has 37 heavy (non-hydrogen) atoms. The number of fused-ring (bicyclic) bond motifs is 1. The fourth-order valence-corrected chi connectivity index (χ4v) is 4.08. The molecule has 0 saturated heterocycles. The van der Waals surface area contributed by atoms with E-state index in [1.807, 2.05) is 20.2 Å². The molecular weight excluding hydrogens is 517 g/mol. The quantitative estimate of drug-likeness (QED) is 0.266. The van der Waals surface area contributed by atoms with Gasteiger partial charge in [0.05, 0.1) is 47.7 Å². The van der Waals surface area contributed by atoms with Gasteiger partial charge in [0.2, 0.25) is 0 Å². The number of aromatic nitrogens is 5. The lowest BCUT2D eigenvalue weighted by Gasteiger charge is -2.15. The second-order valence-corrected chi connectivity index (χ2v) is 8.63. The largest absolute Gasteiger partial charge is 0.495 e. The number of aryl methyl sites for hydroxylation is 1. The van der Waals surface area contributed by atoms with E-state index in [0.717, 1.165) is 25.2 Å². The van der Waals surface area contributed by atoms with E-state index in [2.05, 4.69) is 27.3 Å². The molecule has 1 aromatic carbocycles. The Morgan fingerprint density at radius 3 is 2.27 bits per heavy atom. The number of pyridine rings is 1. The first-order valence-electron chi connectivity index (χ1n) is 11.7. The van der Waals surface area contributed by atoms with Crippen molar-refractivity contribution in [3.63, 3.8) is 0 Å². The number of nitrogens with one attached hydrogen (secondary N) is 1. The van der Waals surface area contributed by atoms with Crippen LogP contribution >= 0.6 is 23.2 Å². The van der Waals surface area contributed by atoms with Gasteiger partial charge in [-0.05, 0) is 19.4 Å². The van der Waals surface area contributed by atoms with Gasteiger partial charge >= 0.3 is 0 Å². The monoisotopic (exact) mass is 547 g/mol. The number of hydrogen-bond acceptors (Lipinski definition) is 9. The molecule has 198 valence electrons. The summed E-state index contributed by atoms with van der Waals surface area (Å²) in [5, 5.41) is 8.75. The standard InChI is InChI=1S/C20H19Cl2N7O2.C5H12O/c1-29-9-10(7-26-29)6-25-19-11-4-15(23)24-8-12(11)27-20(28-19)16-17(21)13(30-2)5-14(31-3)18(16)22;1-3-5-6-4-2/h4-5,7-9H,6H2,1-3H3,(H2,23,24)(H,25,27,28);3-5H2,1-2H3. The lowest BCUT2D eigenvalue weighted by atomic mass is 10.1. The number of nitrogen functional groups attached to an aromatic ring is 1. The van der Waals surface area contributed by atoms with Crippen LogP contribution in [0.3, 0.4) is 0 Å². The highest BCUT2D eigenvalue weighted by atomic mass is 35.5. The van der Waals surface area contributed by atoms with Gasteiger partial charge in [-0.25, -0.2) is 15.0 Å². The maximum absolute atomic E-state index is 6.57. The molecule has 4 aromatic rings. The Labute approximate surface area is 226 Å². The summed E-state index contributed by atoms with van der Waals surface area (Å²) in [6.07, 6.45) is 6.39. The van der Waals surface area contributed by atoms with Gasteiger partial charge in [0.15, 0.2) is 5.82 Å². The van der Waals surface area contributed by atoms with Crippen LogP contribution in [0.15, 0.2) is 30.7 Å². The zero-order chi connectivity index (χ0) is 26.9. The van der Waals surface area contributed by atoms with Gasteiger partial charge in [0.25, 0.3) is 0 Å². The number of rotatable bonds is 9. The van der Waals surface area contributed by atoms with Crippen LogP contribution < -0.4 is 20.5 Å². The van der Waals surface area contributed by atoms with Gasteiger partial charge in [-0.1, -0.05) is 30.1 Å².